The van der Waals surface area contributed by atoms with E-state index in [1.165, 1.54) is 30.4 Å². The summed E-state index contributed by atoms with van der Waals surface area (Å²) in [6.07, 6.45) is 4.73. The lowest BCUT2D eigenvalue weighted by molar-refractivity contribution is 0.0941. The second kappa shape index (κ2) is 5.66. The van der Waals surface area contributed by atoms with Crippen molar-refractivity contribution in [1.29, 1.82) is 0 Å². The first-order chi connectivity index (χ1) is 9.63. The van der Waals surface area contributed by atoms with Crippen LogP contribution in [0.3, 0.4) is 0 Å². The van der Waals surface area contributed by atoms with E-state index in [-0.39, 0.29) is 5.78 Å². The van der Waals surface area contributed by atoms with Gasteiger partial charge in [0.2, 0.25) is 0 Å². The highest BCUT2D eigenvalue weighted by atomic mass is 16.1. The third kappa shape index (κ3) is 2.79. The lowest BCUT2D eigenvalue weighted by Crippen LogP contribution is -2.33. The summed E-state index contributed by atoms with van der Waals surface area (Å²) in [5.41, 5.74) is 3.73. The third-order valence-corrected chi connectivity index (χ3v) is 4.77. The number of rotatable bonds is 4. The van der Waals surface area contributed by atoms with Gasteiger partial charge in [-0.25, -0.2) is 0 Å². The molecule has 1 saturated heterocycles. The van der Waals surface area contributed by atoms with Crippen molar-refractivity contribution in [2.24, 2.45) is 0 Å². The molecule has 0 N–H and O–H groups in total. The van der Waals surface area contributed by atoms with E-state index in [1.807, 2.05) is 6.07 Å². The van der Waals surface area contributed by atoms with E-state index in [2.05, 4.69) is 36.0 Å². The second-order valence-electron chi connectivity index (χ2n) is 6.40. The lowest BCUT2D eigenvalue weighted by Gasteiger charge is -2.20. The zero-order valence-corrected chi connectivity index (χ0v) is 12.6. The Balaban J connectivity index is 1.62. The molecular weight excluding hydrogens is 248 g/mol. The number of nitrogens with zero attached hydrogens (tertiary/aromatic N) is 2. The van der Waals surface area contributed by atoms with E-state index in [0.29, 0.717) is 12.6 Å². The summed E-state index contributed by atoms with van der Waals surface area (Å²) in [6, 6.07) is 6.90. The van der Waals surface area contributed by atoms with Gasteiger partial charge in [-0.1, -0.05) is 12.1 Å². The standard InChI is InChI=1S/C17H24N2O/c1-18(2)16-8-9-19(11-16)12-17(20)15-7-6-13-4-3-5-14(13)10-15/h6-7,10,16H,3-5,8-9,11-12H2,1-2H3. The van der Waals surface area contributed by atoms with Crippen LogP contribution in [0, 0.1) is 0 Å². The molecule has 0 radical (unpaired) electrons. The molecule has 3 heteroatoms. The SMILES string of the molecule is CN(C)C1CCN(CC(=O)c2ccc3c(c2)CCC3)C1. The van der Waals surface area contributed by atoms with Gasteiger partial charge in [0.25, 0.3) is 0 Å². The maximum Gasteiger partial charge on any atom is 0.176 e. The quantitative estimate of drug-likeness (QED) is 0.783. The van der Waals surface area contributed by atoms with Gasteiger partial charge in [0.15, 0.2) is 5.78 Å². The van der Waals surface area contributed by atoms with Gasteiger partial charge < -0.3 is 4.90 Å². The molecule has 1 aliphatic carbocycles. The van der Waals surface area contributed by atoms with Crippen molar-refractivity contribution in [2.45, 2.75) is 31.7 Å². The first kappa shape index (κ1) is 13.8. The number of ketones is 1. The molecule has 1 fully saturated rings. The van der Waals surface area contributed by atoms with E-state index in [1.54, 1.807) is 0 Å². The van der Waals surface area contributed by atoms with Gasteiger partial charge in [0.05, 0.1) is 6.54 Å². The molecular formula is C17H24N2O. The van der Waals surface area contributed by atoms with E-state index in [4.69, 9.17) is 0 Å². The van der Waals surface area contributed by atoms with Gasteiger partial charge in [-0.2, -0.15) is 0 Å². The summed E-state index contributed by atoms with van der Waals surface area (Å²) in [6.45, 7) is 2.63. The van der Waals surface area contributed by atoms with Crippen LogP contribution >= 0.6 is 0 Å². The molecule has 1 unspecified atom stereocenters. The van der Waals surface area contributed by atoms with E-state index in [9.17, 15) is 4.79 Å². The fourth-order valence-corrected chi connectivity index (χ4v) is 3.42. The number of aryl methyl sites for hydroxylation is 2. The van der Waals surface area contributed by atoms with Crippen molar-refractivity contribution in [2.75, 3.05) is 33.7 Å². The molecule has 0 saturated carbocycles. The molecule has 0 bridgehead atoms. The Morgan fingerprint density at radius 1 is 1.30 bits per heavy atom. The Labute approximate surface area is 121 Å². The minimum atomic E-state index is 0.277. The van der Waals surface area contributed by atoms with Crippen LogP contribution in [0.25, 0.3) is 0 Å². The average molecular weight is 272 g/mol. The minimum Gasteiger partial charge on any atom is -0.305 e. The molecule has 0 spiro atoms. The van der Waals surface area contributed by atoms with E-state index in [0.717, 1.165) is 25.1 Å². The molecule has 0 amide bonds. The summed E-state index contributed by atoms with van der Waals surface area (Å²) in [5, 5.41) is 0. The first-order valence-electron chi connectivity index (χ1n) is 7.67. The lowest BCUT2D eigenvalue weighted by atomic mass is 10.0. The molecule has 2 aliphatic rings. The van der Waals surface area contributed by atoms with Crippen LogP contribution in [0.1, 0.15) is 34.3 Å². The van der Waals surface area contributed by atoms with Gasteiger partial charge in [0.1, 0.15) is 0 Å². The molecule has 20 heavy (non-hydrogen) atoms. The zero-order chi connectivity index (χ0) is 14.1. The van der Waals surface area contributed by atoms with E-state index < -0.39 is 0 Å². The van der Waals surface area contributed by atoms with Crippen molar-refractivity contribution in [1.82, 2.24) is 9.80 Å². The summed E-state index contributed by atoms with van der Waals surface area (Å²) in [5.74, 6) is 0.277. The fourth-order valence-electron chi connectivity index (χ4n) is 3.42. The molecule has 1 aromatic rings. The van der Waals surface area contributed by atoms with Gasteiger partial charge in [-0.3, -0.25) is 9.69 Å². The normalized spacial score (nSPS) is 22.4. The predicted octanol–water partition coefficient (Wildman–Crippen LogP) is 1.99. The highest BCUT2D eigenvalue weighted by Gasteiger charge is 2.25. The Morgan fingerprint density at radius 3 is 2.85 bits per heavy atom. The highest BCUT2D eigenvalue weighted by molar-refractivity contribution is 5.97. The van der Waals surface area contributed by atoms with Gasteiger partial charge in [-0.05, 0) is 57.0 Å². The van der Waals surface area contributed by atoms with E-state index >= 15 is 0 Å². The van der Waals surface area contributed by atoms with Crippen LogP contribution in [-0.2, 0) is 12.8 Å². The molecule has 0 aromatic heterocycles. The Hall–Kier alpha value is -1.19. The molecule has 1 aromatic carbocycles. The number of hydrogen-bond acceptors (Lipinski definition) is 3. The van der Waals surface area contributed by atoms with Crippen molar-refractivity contribution in [3.63, 3.8) is 0 Å². The number of likely N-dealkylation sites (N-methyl/N-ethyl adjacent to an activating group) is 1. The van der Waals surface area contributed by atoms with Crippen molar-refractivity contribution in [3.8, 4) is 0 Å². The van der Waals surface area contributed by atoms with Crippen molar-refractivity contribution >= 4 is 5.78 Å². The highest BCUT2D eigenvalue weighted by Crippen LogP contribution is 2.23. The third-order valence-electron chi connectivity index (χ3n) is 4.77. The van der Waals surface area contributed by atoms with Gasteiger partial charge in [-0.15, -0.1) is 0 Å². The average Bonchev–Trinajstić information content (AvgIpc) is 3.05. The molecule has 108 valence electrons. The Bertz CT molecular complexity index is 510. The maximum absolute atomic E-state index is 12.4. The van der Waals surface area contributed by atoms with Crippen LogP contribution in [0.2, 0.25) is 0 Å². The molecule has 3 rings (SSSR count). The summed E-state index contributed by atoms with van der Waals surface area (Å²) in [7, 11) is 4.24. The first-order valence-corrected chi connectivity index (χ1v) is 7.67. The van der Waals surface area contributed by atoms with Crippen LogP contribution in [-0.4, -0.2) is 55.4 Å². The second-order valence-corrected chi connectivity index (χ2v) is 6.40. The van der Waals surface area contributed by atoms with Crippen LogP contribution in [0.15, 0.2) is 18.2 Å². The molecule has 1 heterocycles. The maximum atomic E-state index is 12.4. The Morgan fingerprint density at radius 2 is 2.10 bits per heavy atom. The molecule has 1 atom stereocenters. The number of hydrogen-bond donors (Lipinski definition) is 0. The van der Waals surface area contributed by atoms with Crippen LogP contribution in [0.5, 0.6) is 0 Å². The number of carbonyl (C=O) groups excluding carboxylic acids is 1. The van der Waals surface area contributed by atoms with Crippen molar-refractivity contribution < 1.29 is 4.79 Å². The molecule has 1 aliphatic heterocycles. The van der Waals surface area contributed by atoms with Gasteiger partial charge in [0, 0.05) is 24.7 Å². The number of Topliss-reactive ketones (excluding diaryl/α,β-unsaturated/α-hetero) is 1. The van der Waals surface area contributed by atoms with Gasteiger partial charge >= 0.3 is 0 Å². The fraction of sp³-hybridized carbons (Fsp3) is 0.588. The largest absolute Gasteiger partial charge is 0.305 e. The monoisotopic (exact) mass is 272 g/mol. The number of benzene rings is 1. The smallest absolute Gasteiger partial charge is 0.176 e. The predicted molar refractivity (Wildman–Crippen MR) is 81.3 cm³/mol. The summed E-state index contributed by atoms with van der Waals surface area (Å²) < 4.78 is 0. The molecule has 3 nitrogen and oxygen atoms in total. The minimum absolute atomic E-state index is 0.277. The Kier molecular flexibility index (Phi) is 3.90. The topological polar surface area (TPSA) is 23.6 Å². The zero-order valence-electron chi connectivity index (χ0n) is 12.6. The van der Waals surface area contributed by atoms with Crippen LogP contribution in [0.4, 0.5) is 0 Å². The summed E-state index contributed by atoms with van der Waals surface area (Å²) >= 11 is 0. The number of likely N-dealkylation sites (tertiary alicyclic amines) is 1. The van der Waals surface area contributed by atoms with Crippen LogP contribution < -0.4 is 0 Å². The van der Waals surface area contributed by atoms with Crippen molar-refractivity contribution in [3.05, 3.63) is 34.9 Å². The number of carbonyl (C=O) groups is 1. The summed E-state index contributed by atoms with van der Waals surface area (Å²) in [4.78, 5) is 17.0. The number of fused-ring (bicyclic) bond motifs is 1.